The number of benzene rings is 1. The summed E-state index contributed by atoms with van der Waals surface area (Å²) in [5, 5.41) is 0. The molecule has 2 N–H and O–H groups in total. The molecular weight excluding hydrogens is 401 g/mol. The van der Waals surface area contributed by atoms with Crippen LogP contribution in [0.5, 0.6) is 0 Å². The molecule has 23 heavy (non-hydrogen) atoms. The third-order valence-corrected chi connectivity index (χ3v) is 4.06. The Kier molecular flexibility index (Phi) is 10.3. The van der Waals surface area contributed by atoms with Gasteiger partial charge in [0.05, 0.1) is 6.61 Å². The first-order valence-electron chi connectivity index (χ1n) is 8.42. The zero-order valence-electron chi connectivity index (χ0n) is 14.1. The molecule has 0 saturated carbocycles. The van der Waals surface area contributed by atoms with Crippen LogP contribution in [0, 0.1) is 5.92 Å². The fourth-order valence-corrected chi connectivity index (χ4v) is 2.77. The maximum atomic E-state index is 6.07. The first kappa shape index (κ1) is 20.2. The van der Waals surface area contributed by atoms with E-state index in [9.17, 15) is 0 Å². The molecule has 2 rings (SSSR count). The van der Waals surface area contributed by atoms with Crippen LogP contribution in [0.15, 0.2) is 35.3 Å². The molecule has 0 bridgehead atoms. The molecule has 5 heteroatoms. The number of hydrogen-bond acceptors (Lipinski definition) is 2. The highest BCUT2D eigenvalue weighted by molar-refractivity contribution is 14.0. The number of ether oxygens (including phenoxy) is 1. The number of unbranched alkanes of at least 4 members (excludes halogenated alkanes) is 1. The minimum absolute atomic E-state index is 0. The topological polar surface area (TPSA) is 50.8 Å². The van der Waals surface area contributed by atoms with Crippen LogP contribution in [-0.2, 0) is 11.3 Å². The molecule has 1 unspecified atom stereocenters. The lowest BCUT2D eigenvalue weighted by atomic mass is 10.0. The summed E-state index contributed by atoms with van der Waals surface area (Å²) in [5.74, 6) is 1.45. The van der Waals surface area contributed by atoms with Crippen molar-refractivity contribution in [3.8, 4) is 0 Å². The molecule has 4 nitrogen and oxygen atoms in total. The molecule has 0 aliphatic carbocycles. The highest BCUT2D eigenvalue weighted by Crippen LogP contribution is 2.14. The molecule has 1 heterocycles. The summed E-state index contributed by atoms with van der Waals surface area (Å²) >= 11 is 0. The number of hydrogen-bond donors (Lipinski definition) is 1. The smallest absolute Gasteiger partial charge is 0.191 e. The average molecular weight is 431 g/mol. The molecule has 1 fully saturated rings. The van der Waals surface area contributed by atoms with Gasteiger partial charge in [0.1, 0.15) is 0 Å². The van der Waals surface area contributed by atoms with E-state index in [4.69, 9.17) is 10.5 Å². The average Bonchev–Trinajstić information content (AvgIpc) is 2.54. The minimum atomic E-state index is 0. The largest absolute Gasteiger partial charge is 0.377 e. The van der Waals surface area contributed by atoms with Crippen molar-refractivity contribution in [2.24, 2.45) is 16.6 Å². The number of likely N-dealkylation sites (tertiary alicyclic amines) is 1. The summed E-state index contributed by atoms with van der Waals surface area (Å²) in [5.41, 5.74) is 7.30. The van der Waals surface area contributed by atoms with Crippen molar-refractivity contribution in [3.05, 3.63) is 35.9 Å². The Morgan fingerprint density at radius 2 is 2.09 bits per heavy atom. The van der Waals surface area contributed by atoms with Gasteiger partial charge < -0.3 is 15.4 Å². The molecule has 0 amide bonds. The van der Waals surface area contributed by atoms with Gasteiger partial charge in [-0.1, -0.05) is 37.3 Å². The van der Waals surface area contributed by atoms with Crippen LogP contribution >= 0.6 is 24.0 Å². The zero-order valence-corrected chi connectivity index (χ0v) is 16.4. The van der Waals surface area contributed by atoms with Crippen molar-refractivity contribution in [2.75, 3.05) is 26.2 Å². The van der Waals surface area contributed by atoms with Gasteiger partial charge in [-0.25, -0.2) is 0 Å². The Labute approximate surface area is 157 Å². The van der Waals surface area contributed by atoms with E-state index in [1.54, 1.807) is 0 Å². The van der Waals surface area contributed by atoms with E-state index < -0.39 is 0 Å². The number of piperidine rings is 1. The Morgan fingerprint density at radius 1 is 1.30 bits per heavy atom. The van der Waals surface area contributed by atoms with Gasteiger partial charge in [0, 0.05) is 26.2 Å². The van der Waals surface area contributed by atoms with Gasteiger partial charge in [-0.2, -0.15) is 0 Å². The van der Waals surface area contributed by atoms with Crippen LogP contribution in [0.2, 0.25) is 0 Å². The zero-order chi connectivity index (χ0) is 15.6. The predicted molar refractivity (Wildman–Crippen MR) is 107 cm³/mol. The second kappa shape index (κ2) is 11.7. The van der Waals surface area contributed by atoms with Crippen molar-refractivity contribution in [2.45, 2.75) is 39.2 Å². The van der Waals surface area contributed by atoms with Crippen molar-refractivity contribution >= 4 is 29.9 Å². The Balaban J connectivity index is 0.00000264. The quantitative estimate of drug-likeness (QED) is 0.310. The van der Waals surface area contributed by atoms with E-state index in [0.29, 0.717) is 6.61 Å². The maximum Gasteiger partial charge on any atom is 0.191 e. The molecule has 1 aromatic rings. The Morgan fingerprint density at radius 3 is 2.83 bits per heavy atom. The number of halogens is 1. The van der Waals surface area contributed by atoms with E-state index >= 15 is 0 Å². The van der Waals surface area contributed by atoms with Gasteiger partial charge in [0.25, 0.3) is 0 Å². The fourth-order valence-electron chi connectivity index (χ4n) is 2.77. The first-order chi connectivity index (χ1) is 10.8. The van der Waals surface area contributed by atoms with Crippen LogP contribution in [0.1, 0.15) is 38.2 Å². The van der Waals surface area contributed by atoms with Crippen molar-refractivity contribution < 1.29 is 4.74 Å². The maximum absolute atomic E-state index is 6.07. The monoisotopic (exact) mass is 431 g/mol. The molecule has 0 radical (unpaired) electrons. The summed E-state index contributed by atoms with van der Waals surface area (Å²) in [6, 6.07) is 10.3. The van der Waals surface area contributed by atoms with Gasteiger partial charge in [0.2, 0.25) is 0 Å². The third kappa shape index (κ3) is 8.01. The van der Waals surface area contributed by atoms with Crippen molar-refractivity contribution in [1.82, 2.24) is 4.90 Å². The SMILES string of the molecule is CC1CCCN(C(N)=NCCCCOCc2ccccc2)C1.I. The normalized spacial score (nSPS) is 18.6. The highest BCUT2D eigenvalue weighted by Gasteiger charge is 2.17. The van der Waals surface area contributed by atoms with E-state index in [0.717, 1.165) is 51.0 Å². The number of aliphatic imine (C=N–C) groups is 1. The van der Waals surface area contributed by atoms with Gasteiger partial charge in [-0.05, 0) is 37.2 Å². The molecule has 1 aliphatic rings. The molecule has 1 atom stereocenters. The van der Waals surface area contributed by atoms with Crippen LogP contribution < -0.4 is 5.73 Å². The van der Waals surface area contributed by atoms with E-state index in [1.165, 1.54) is 18.4 Å². The molecule has 1 aromatic carbocycles. The molecule has 1 aliphatic heterocycles. The van der Waals surface area contributed by atoms with Crippen molar-refractivity contribution in [1.29, 1.82) is 0 Å². The molecular formula is C18H30IN3O. The second-order valence-electron chi connectivity index (χ2n) is 6.18. The highest BCUT2D eigenvalue weighted by atomic mass is 127. The predicted octanol–water partition coefficient (Wildman–Crippen LogP) is 3.65. The standard InChI is InChI=1S/C18H29N3O.HI/c1-16-8-7-12-21(14-16)18(19)20-11-5-6-13-22-15-17-9-3-2-4-10-17;/h2-4,9-10,16H,5-8,11-15H2,1H3,(H2,19,20);1H. The summed E-state index contributed by atoms with van der Waals surface area (Å²) in [6.07, 6.45) is 4.59. The van der Waals surface area contributed by atoms with Crippen LogP contribution in [0.4, 0.5) is 0 Å². The number of guanidine groups is 1. The van der Waals surface area contributed by atoms with Crippen molar-refractivity contribution in [3.63, 3.8) is 0 Å². The number of nitrogens with two attached hydrogens (primary N) is 1. The molecule has 130 valence electrons. The lowest BCUT2D eigenvalue weighted by Crippen LogP contribution is -2.43. The fraction of sp³-hybridized carbons (Fsp3) is 0.611. The van der Waals surface area contributed by atoms with Gasteiger partial charge in [-0.15, -0.1) is 24.0 Å². The third-order valence-electron chi connectivity index (χ3n) is 4.06. The summed E-state index contributed by atoms with van der Waals surface area (Å²) < 4.78 is 5.67. The summed E-state index contributed by atoms with van der Waals surface area (Å²) in [4.78, 5) is 6.73. The lowest BCUT2D eigenvalue weighted by molar-refractivity contribution is 0.117. The summed E-state index contributed by atoms with van der Waals surface area (Å²) in [6.45, 7) is 6.66. The van der Waals surface area contributed by atoms with Gasteiger partial charge in [-0.3, -0.25) is 4.99 Å². The number of rotatable bonds is 7. The summed E-state index contributed by atoms with van der Waals surface area (Å²) in [7, 11) is 0. The van der Waals surface area contributed by atoms with Crippen LogP contribution in [0.25, 0.3) is 0 Å². The van der Waals surface area contributed by atoms with E-state index in [2.05, 4.69) is 28.9 Å². The van der Waals surface area contributed by atoms with Crippen LogP contribution in [0.3, 0.4) is 0 Å². The van der Waals surface area contributed by atoms with E-state index in [-0.39, 0.29) is 24.0 Å². The number of nitrogens with zero attached hydrogens (tertiary/aromatic N) is 2. The van der Waals surface area contributed by atoms with Gasteiger partial charge >= 0.3 is 0 Å². The molecule has 0 aromatic heterocycles. The van der Waals surface area contributed by atoms with E-state index in [1.807, 2.05) is 18.2 Å². The van der Waals surface area contributed by atoms with Gasteiger partial charge in [0.15, 0.2) is 5.96 Å². The lowest BCUT2D eigenvalue weighted by Gasteiger charge is -2.31. The first-order valence-corrected chi connectivity index (χ1v) is 8.42. The molecule has 0 spiro atoms. The minimum Gasteiger partial charge on any atom is -0.377 e. The Bertz CT molecular complexity index is 453. The Hall–Kier alpha value is -0.820. The molecule has 1 saturated heterocycles. The van der Waals surface area contributed by atoms with Crippen LogP contribution in [-0.4, -0.2) is 37.1 Å². The second-order valence-corrected chi connectivity index (χ2v) is 6.18.